The molecule has 10 rings (SSSR count). The zero-order chi connectivity index (χ0) is 34.8. The molecular formula is C48H34N4. The highest BCUT2D eigenvalue weighted by atomic mass is 15.0. The summed E-state index contributed by atoms with van der Waals surface area (Å²) in [7, 11) is 0. The minimum absolute atomic E-state index is 0.0758. The van der Waals surface area contributed by atoms with E-state index < -0.39 is 0 Å². The summed E-state index contributed by atoms with van der Waals surface area (Å²) in [5.41, 5.74) is 13.6. The van der Waals surface area contributed by atoms with E-state index in [0.29, 0.717) is 17.5 Å². The molecule has 0 fully saturated rings. The third-order valence-electron chi connectivity index (χ3n) is 10.7. The quantitative estimate of drug-likeness (QED) is 0.184. The standard InChI is InChI=1S/C48H34N4/c1-48(2)40-22-12-9-19-36(40)39-29-33(26-28-41(39)48)46-49-45(32-17-7-4-8-18-32)50-47(51-46)34-25-27-35(31-15-5-3-6-16-31)44(30-34)52-42-23-13-10-20-37(42)38-21-11-14-24-43(38)52/h3-30H,1-2H3. The molecule has 0 radical (unpaired) electrons. The molecule has 4 heteroatoms. The molecule has 0 amide bonds. The van der Waals surface area contributed by atoms with E-state index in [9.17, 15) is 0 Å². The molecule has 52 heavy (non-hydrogen) atoms. The molecule has 0 aliphatic heterocycles. The van der Waals surface area contributed by atoms with E-state index in [4.69, 9.17) is 15.0 Å². The highest BCUT2D eigenvalue weighted by molar-refractivity contribution is 6.09. The van der Waals surface area contributed by atoms with E-state index in [0.717, 1.165) is 44.5 Å². The second kappa shape index (κ2) is 11.7. The van der Waals surface area contributed by atoms with Gasteiger partial charge in [-0.25, -0.2) is 15.0 Å². The number of fused-ring (bicyclic) bond motifs is 6. The highest BCUT2D eigenvalue weighted by Crippen LogP contribution is 2.49. The SMILES string of the molecule is CC1(C)c2ccccc2-c2cc(-c3nc(-c4ccccc4)nc(-c4ccc(-c5ccccc5)c(-n5c6ccccc6c6ccccc65)c4)n3)ccc21. The van der Waals surface area contributed by atoms with Gasteiger partial charge in [-0.15, -0.1) is 0 Å². The smallest absolute Gasteiger partial charge is 0.164 e. The Kier molecular flexibility index (Phi) is 6.80. The Balaban J connectivity index is 1.21. The highest BCUT2D eigenvalue weighted by Gasteiger charge is 2.35. The van der Waals surface area contributed by atoms with Crippen molar-refractivity contribution in [3.05, 3.63) is 181 Å². The van der Waals surface area contributed by atoms with Crippen LogP contribution >= 0.6 is 0 Å². The molecule has 1 aliphatic rings. The van der Waals surface area contributed by atoms with E-state index >= 15 is 0 Å². The van der Waals surface area contributed by atoms with E-state index in [2.05, 4.69) is 170 Å². The van der Waals surface area contributed by atoms with Crippen molar-refractivity contribution in [2.45, 2.75) is 19.3 Å². The lowest BCUT2D eigenvalue weighted by Gasteiger charge is -2.21. The number of para-hydroxylation sites is 2. The topological polar surface area (TPSA) is 43.6 Å². The summed E-state index contributed by atoms with van der Waals surface area (Å²) in [6.45, 7) is 4.61. The summed E-state index contributed by atoms with van der Waals surface area (Å²) in [5, 5.41) is 2.44. The fourth-order valence-electron chi connectivity index (χ4n) is 8.11. The van der Waals surface area contributed by atoms with Gasteiger partial charge in [-0.05, 0) is 52.1 Å². The van der Waals surface area contributed by atoms with Crippen molar-refractivity contribution in [3.63, 3.8) is 0 Å². The van der Waals surface area contributed by atoms with Crippen LogP contribution in [0.15, 0.2) is 170 Å². The molecule has 2 heterocycles. The van der Waals surface area contributed by atoms with E-state index in [1.807, 2.05) is 18.2 Å². The summed E-state index contributed by atoms with van der Waals surface area (Å²) in [4.78, 5) is 15.5. The lowest BCUT2D eigenvalue weighted by atomic mass is 9.82. The molecule has 2 aromatic heterocycles. The Hall–Kier alpha value is -6.65. The average molecular weight is 667 g/mol. The Morgan fingerprint density at radius 3 is 1.56 bits per heavy atom. The second-order valence-corrected chi connectivity index (χ2v) is 14.1. The summed E-state index contributed by atoms with van der Waals surface area (Å²) < 4.78 is 2.39. The van der Waals surface area contributed by atoms with Gasteiger partial charge < -0.3 is 4.57 Å². The van der Waals surface area contributed by atoms with Gasteiger partial charge in [0.15, 0.2) is 17.5 Å². The molecule has 0 N–H and O–H groups in total. The Morgan fingerprint density at radius 2 is 0.885 bits per heavy atom. The van der Waals surface area contributed by atoms with Gasteiger partial charge in [-0.2, -0.15) is 0 Å². The lowest BCUT2D eigenvalue weighted by Crippen LogP contribution is -2.14. The van der Waals surface area contributed by atoms with Crippen LogP contribution in [0.3, 0.4) is 0 Å². The number of aromatic nitrogens is 4. The molecule has 0 atom stereocenters. The van der Waals surface area contributed by atoms with Crippen molar-refractivity contribution in [3.8, 4) is 62.1 Å². The van der Waals surface area contributed by atoms with E-state index in [1.165, 1.54) is 33.0 Å². The zero-order valence-electron chi connectivity index (χ0n) is 29.0. The van der Waals surface area contributed by atoms with Crippen LogP contribution in [0.1, 0.15) is 25.0 Å². The first-order valence-corrected chi connectivity index (χ1v) is 17.8. The van der Waals surface area contributed by atoms with Gasteiger partial charge in [0.2, 0.25) is 0 Å². The first kappa shape index (κ1) is 30.2. The van der Waals surface area contributed by atoms with E-state index in [-0.39, 0.29) is 5.41 Å². The van der Waals surface area contributed by atoms with E-state index in [1.54, 1.807) is 0 Å². The first-order chi connectivity index (χ1) is 25.5. The zero-order valence-corrected chi connectivity index (χ0v) is 29.0. The molecule has 7 aromatic carbocycles. The first-order valence-electron chi connectivity index (χ1n) is 17.8. The van der Waals surface area contributed by atoms with Gasteiger partial charge in [0, 0.05) is 38.4 Å². The van der Waals surface area contributed by atoms with Crippen molar-refractivity contribution in [1.82, 2.24) is 19.5 Å². The van der Waals surface area contributed by atoms with Crippen molar-refractivity contribution in [2.75, 3.05) is 0 Å². The fourth-order valence-corrected chi connectivity index (χ4v) is 8.11. The molecular weight excluding hydrogens is 633 g/mol. The Morgan fingerprint density at radius 1 is 0.385 bits per heavy atom. The van der Waals surface area contributed by atoms with Gasteiger partial charge in [0.05, 0.1) is 16.7 Å². The van der Waals surface area contributed by atoms with Crippen molar-refractivity contribution >= 4 is 21.8 Å². The molecule has 4 nitrogen and oxygen atoms in total. The summed E-state index contributed by atoms with van der Waals surface area (Å²) >= 11 is 0. The van der Waals surface area contributed by atoms with Crippen LogP contribution in [0.4, 0.5) is 0 Å². The van der Waals surface area contributed by atoms with Gasteiger partial charge in [0.25, 0.3) is 0 Å². The Labute approximate surface area is 302 Å². The summed E-state index contributed by atoms with van der Waals surface area (Å²) in [5.74, 6) is 1.93. The molecule has 0 saturated carbocycles. The van der Waals surface area contributed by atoms with Crippen LogP contribution in [0.5, 0.6) is 0 Å². The molecule has 0 unspecified atom stereocenters. The third-order valence-corrected chi connectivity index (χ3v) is 10.7. The van der Waals surface area contributed by atoms with Crippen LogP contribution in [0, 0.1) is 0 Å². The average Bonchev–Trinajstić information content (AvgIpc) is 3.66. The van der Waals surface area contributed by atoms with Crippen molar-refractivity contribution in [1.29, 1.82) is 0 Å². The maximum Gasteiger partial charge on any atom is 0.164 e. The summed E-state index contributed by atoms with van der Waals surface area (Å²) in [6, 6.07) is 60.1. The minimum Gasteiger partial charge on any atom is -0.309 e. The minimum atomic E-state index is -0.0758. The molecule has 9 aromatic rings. The molecule has 246 valence electrons. The largest absolute Gasteiger partial charge is 0.309 e. The van der Waals surface area contributed by atoms with Crippen LogP contribution in [-0.4, -0.2) is 19.5 Å². The summed E-state index contributed by atoms with van der Waals surface area (Å²) in [6.07, 6.45) is 0. The second-order valence-electron chi connectivity index (χ2n) is 14.1. The monoisotopic (exact) mass is 666 g/mol. The molecule has 0 saturated heterocycles. The number of rotatable bonds is 5. The molecule has 1 aliphatic carbocycles. The number of hydrogen-bond donors (Lipinski definition) is 0. The van der Waals surface area contributed by atoms with Crippen LogP contribution in [0.25, 0.3) is 83.9 Å². The maximum absolute atomic E-state index is 5.24. The van der Waals surface area contributed by atoms with Crippen LogP contribution < -0.4 is 0 Å². The predicted molar refractivity (Wildman–Crippen MR) is 213 cm³/mol. The van der Waals surface area contributed by atoms with Crippen LogP contribution in [0.2, 0.25) is 0 Å². The van der Waals surface area contributed by atoms with Gasteiger partial charge >= 0.3 is 0 Å². The van der Waals surface area contributed by atoms with Gasteiger partial charge in [0.1, 0.15) is 0 Å². The van der Waals surface area contributed by atoms with Crippen LogP contribution in [-0.2, 0) is 5.41 Å². The Bertz CT molecular complexity index is 2760. The van der Waals surface area contributed by atoms with Crippen molar-refractivity contribution in [2.24, 2.45) is 0 Å². The van der Waals surface area contributed by atoms with Gasteiger partial charge in [-0.1, -0.05) is 159 Å². The number of nitrogens with zero attached hydrogens (tertiary/aromatic N) is 4. The fraction of sp³-hybridized carbons (Fsp3) is 0.0625. The number of hydrogen-bond acceptors (Lipinski definition) is 3. The van der Waals surface area contributed by atoms with Gasteiger partial charge in [-0.3, -0.25) is 0 Å². The van der Waals surface area contributed by atoms with Crippen molar-refractivity contribution < 1.29 is 0 Å². The predicted octanol–water partition coefficient (Wildman–Crippen LogP) is 11.9. The maximum atomic E-state index is 5.24. The lowest BCUT2D eigenvalue weighted by molar-refractivity contribution is 0.660. The molecule has 0 bridgehead atoms. The normalized spacial score (nSPS) is 13.0. The number of benzene rings is 7. The third kappa shape index (κ3) is 4.72. The molecule has 0 spiro atoms.